The summed E-state index contributed by atoms with van der Waals surface area (Å²) in [5.41, 5.74) is 0.298. The minimum absolute atomic E-state index is 0.687. The van der Waals surface area contributed by atoms with Gasteiger partial charge in [0.2, 0.25) is 0 Å². The maximum Gasteiger partial charge on any atom is 0.0932 e. The Bertz CT molecular complexity index is 362. The first-order valence-corrected chi connectivity index (χ1v) is 6.59. The molecule has 1 aliphatic heterocycles. The number of halogens is 2. The number of benzene rings is 1. The molecule has 4 heteroatoms. The van der Waals surface area contributed by atoms with Crippen molar-refractivity contribution in [3.8, 4) is 0 Å². The van der Waals surface area contributed by atoms with Crippen molar-refractivity contribution < 1.29 is 5.11 Å². The van der Waals surface area contributed by atoms with Crippen LogP contribution >= 0.6 is 31.9 Å². The van der Waals surface area contributed by atoms with E-state index < -0.39 is 5.60 Å². The smallest absolute Gasteiger partial charge is 0.0932 e. The van der Waals surface area contributed by atoms with Crippen molar-refractivity contribution in [1.82, 2.24) is 5.32 Å². The SMILES string of the molecule is OC1(c2cc(Br)ccc2Br)CCNCC1. The third-order valence-corrected chi connectivity index (χ3v) is 4.05. The molecule has 0 radical (unpaired) electrons. The van der Waals surface area contributed by atoms with Gasteiger partial charge in [0.15, 0.2) is 0 Å². The zero-order valence-corrected chi connectivity index (χ0v) is 11.4. The van der Waals surface area contributed by atoms with Crippen LogP contribution in [0.25, 0.3) is 0 Å². The van der Waals surface area contributed by atoms with Crippen molar-refractivity contribution >= 4 is 31.9 Å². The standard InChI is InChI=1S/C11H13Br2NO/c12-8-1-2-10(13)9(7-8)11(15)3-5-14-6-4-11/h1-2,7,14-15H,3-6H2. The van der Waals surface area contributed by atoms with Gasteiger partial charge in [-0.15, -0.1) is 0 Å². The van der Waals surface area contributed by atoms with Crippen molar-refractivity contribution in [3.63, 3.8) is 0 Å². The van der Waals surface area contributed by atoms with Gasteiger partial charge in [-0.1, -0.05) is 31.9 Å². The van der Waals surface area contributed by atoms with E-state index in [1.165, 1.54) is 0 Å². The number of rotatable bonds is 1. The molecule has 2 rings (SSSR count). The Morgan fingerprint density at radius 2 is 1.87 bits per heavy atom. The molecule has 1 aliphatic rings. The van der Waals surface area contributed by atoms with Crippen LogP contribution in [0.1, 0.15) is 18.4 Å². The average molecular weight is 335 g/mol. The molecular weight excluding hydrogens is 322 g/mol. The Morgan fingerprint density at radius 3 is 2.53 bits per heavy atom. The number of hydrogen-bond donors (Lipinski definition) is 2. The molecule has 0 unspecified atom stereocenters. The zero-order valence-electron chi connectivity index (χ0n) is 8.26. The van der Waals surface area contributed by atoms with Crippen LogP contribution in [0.4, 0.5) is 0 Å². The summed E-state index contributed by atoms with van der Waals surface area (Å²) in [4.78, 5) is 0. The molecule has 2 N–H and O–H groups in total. The Morgan fingerprint density at radius 1 is 1.20 bits per heavy atom. The van der Waals surface area contributed by atoms with Crippen LogP contribution in [0.5, 0.6) is 0 Å². The second kappa shape index (κ2) is 4.53. The van der Waals surface area contributed by atoms with E-state index >= 15 is 0 Å². The second-order valence-corrected chi connectivity index (χ2v) is 5.68. The molecule has 1 aromatic carbocycles. The molecule has 0 aromatic heterocycles. The first-order chi connectivity index (χ1) is 7.12. The van der Waals surface area contributed by atoms with Gasteiger partial charge in [0.1, 0.15) is 0 Å². The van der Waals surface area contributed by atoms with Crippen molar-refractivity contribution in [3.05, 3.63) is 32.7 Å². The van der Waals surface area contributed by atoms with Crippen molar-refractivity contribution in [2.75, 3.05) is 13.1 Å². The highest BCUT2D eigenvalue weighted by Crippen LogP contribution is 2.36. The number of nitrogens with one attached hydrogen (secondary N) is 1. The lowest BCUT2D eigenvalue weighted by Gasteiger charge is -2.33. The van der Waals surface area contributed by atoms with E-state index in [-0.39, 0.29) is 0 Å². The van der Waals surface area contributed by atoms with Gasteiger partial charge in [0, 0.05) is 8.95 Å². The molecule has 15 heavy (non-hydrogen) atoms. The fraction of sp³-hybridized carbons (Fsp3) is 0.455. The molecule has 82 valence electrons. The molecule has 1 saturated heterocycles. The lowest BCUT2D eigenvalue weighted by Crippen LogP contribution is -2.39. The summed E-state index contributed by atoms with van der Waals surface area (Å²) in [7, 11) is 0. The van der Waals surface area contributed by atoms with Crippen molar-refractivity contribution in [2.24, 2.45) is 0 Å². The van der Waals surface area contributed by atoms with Gasteiger partial charge < -0.3 is 10.4 Å². The van der Waals surface area contributed by atoms with Gasteiger partial charge in [-0.2, -0.15) is 0 Å². The summed E-state index contributed by atoms with van der Waals surface area (Å²) in [6.45, 7) is 1.74. The van der Waals surface area contributed by atoms with Crippen LogP contribution in [0, 0.1) is 0 Å². The predicted molar refractivity (Wildman–Crippen MR) is 67.8 cm³/mol. The Labute approximate surface area is 106 Å². The molecule has 1 heterocycles. The number of aliphatic hydroxyl groups is 1. The van der Waals surface area contributed by atoms with E-state index in [0.717, 1.165) is 40.4 Å². The summed E-state index contributed by atoms with van der Waals surface area (Å²) < 4.78 is 1.99. The Kier molecular flexibility index (Phi) is 3.50. The first-order valence-electron chi connectivity index (χ1n) is 5.00. The molecule has 0 amide bonds. The molecular formula is C11H13Br2NO. The maximum atomic E-state index is 10.6. The van der Waals surface area contributed by atoms with E-state index in [2.05, 4.69) is 37.2 Å². The van der Waals surface area contributed by atoms with E-state index in [1.807, 2.05) is 18.2 Å². The minimum Gasteiger partial charge on any atom is -0.385 e. The van der Waals surface area contributed by atoms with E-state index in [9.17, 15) is 5.11 Å². The van der Waals surface area contributed by atoms with Crippen LogP contribution in [-0.2, 0) is 5.60 Å². The van der Waals surface area contributed by atoms with Gasteiger partial charge in [-0.3, -0.25) is 0 Å². The monoisotopic (exact) mass is 333 g/mol. The molecule has 1 aromatic rings. The lowest BCUT2D eigenvalue weighted by atomic mass is 9.85. The van der Waals surface area contributed by atoms with E-state index in [4.69, 9.17) is 0 Å². The number of hydrogen-bond acceptors (Lipinski definition) is 2. The average Bonchev–Trinajstić information content (AvgIpc) is 2.23. The van der Waals surface area contributed by atoms with Gasteiger partial charge in [0.25, 0.3) is 0 Å². The maximum absolute atomic E-state index is 10.6. The third-order valence-electron chi connectivity index (χ3n) is 2.86. The minimum atomic E-state index is -0.687. The van der Waals surface area contributed by atoms with E-state index in [0.29, 0.717) is 0 Å². The normalized spacial score (nSPS) is 20.2. The van der Waals surface area contributed by atoms with Crippen LogP contribution in [0.3, 0.4) is 0 Å². The fourth-order valence-electron chi connectivity index (χ4n) is 1.96. The van der Waals surface area contributed by atoms with Gasteiger partial charge in [-0.25, -0.2) is 0 Å². The molecule has 0 bridgehead atoms. The fourth-order valence-corrected chi connectivity index (χ4v) is 2.94. The number of piperidine rings is 1. The zero-order chi connectivity index (χ0) is 10.9. The molecule has 0 aliphatic carbocycles. The summed E-state index contributed by atoms with van der Waals surface area (Å²) >= 11 is 6.94. The Hall–Kier alpha value is 0.1000. The molecule has 0 spiro atoms. The highest BCUT2D eigenvalue weighted by atomic mass is 79.9. The summed E-state index contributed by atoms with van der Waals surface area (Å²) in [5.74, 6) is 0. The molecule has 2 nitrogen and oxygen atoms in total. The molecule has 1 fully saturated rings. The van der Waals surface area contributed by atoms with Crippen LogP contribution < -0.4 is 5.32 Å². The third kappa shape index (κ3) is 2.44. The predicted octanol–water partition coefficient (Wildman–Crippen LogP) is 2.78. The van der Waals surface area contributed by atoms with Crippen molar-refractivity contribution in [1.29, 1.82) is 0 Å². The van der Waals surface area contributed by atoms with Crippen molar-refractivity contribution in [2.45, 2.75) is 18.4 Å². The van der Waals surface area contributed by atoms with Gasteiger partial charge in [-0.05, 0) is 49.7 Å². The van der Waals surface area contributed by atoms with Crippen LogP contribution in [-0.4, -0.2) is 18.2 Å². The summed E-state index contributed by atoms with van der Waals surface area (Å²) in [5, 5.41) is 13.8. The highest BCUT2D eigenvalue weighted by Gasteiger charge is 2.32. The summed E-state index contributed by atoms with van der Waals surface area (Å²) in [6, 6.07) is 5.94. The Balaban J connectivity index is 2.38. The molecule has 0 atom stereocenters. The topological polar surface area (TPSA) is 32.3 Å². The van der Waals surface area contributed by atoms with E-state index in [1.54, 1.807) is 0 Å². The van der Waals surface area contributed by atoms with Gasteiger partial charge in [0.05, 0.1) is 5.60 Å². The van der Waals surface area contributed by atoms with Crippen LogP contribution in [0.2, 0.25) is 0 Å². The molecule has 0 saturated carbocycles. The quantitative estimate of drug-likeness (QED) is 0.827. The second-order valence-electron chi connectivity index (χ2n) is 3.91. The van der Waals surface area contributed by atoms with Crippen LogP contribution in [0.15, 0.2) is 27.1 Å². The largest absolute Gasteiger partial charge is 0.385 e. The van der Waals surface area contributed by atoms with Gasteiger partial charge >= 0.3 is 0 Å². The lowest BCUT2D eigenvalue weighted by molar-refractivity contribution is 0.00522. The highest BCUT2D eigenvalue weighted by molar-refractivity contribution is 9.11. The first kappa shape index (κ1) is 11.6. The summed E-state index contributed by atoms with van der Waals surface area (Å²) in [6.07, 6.45) is 1.53.